The highest BCUT2D eigenvalue weighted by atomic mass is 32.2. The molecule has 2 heterocycles. The molecule has 29 heavy (non-hydrogen) atoms. The first-order chi connectivity index (χ1) is 14.2. The van der Waals surface area contributed by atoms with Crippen molar-refractivity contribution in [3.63, 3.8) is 0 Å². The number of aromatic nitrogens is 1. The molecule has 1 atom stereocenters. The van der Waals surface area contributed by atoms with Gasteiger partial charge in [0.05, 0.1) is 22.9 Å². The number of rotatable bonds is 8. The van der Waals surface area contributed by atoms with E-state index in [4.69, 9.17) is 9.72 Å². The van der Waals surface area contributed by atoms with Crippen LogP contribution >= 0.6 is 23.1 Å². The minimum Gasteiger partial charge on any atom is -0.376 e. The number of amides is 1. The predicted molar refractivity (Wildman–Crippen MR) is 122 cm³/mol. The van der Waals surface area contributed by atoms with Crippen LogP contribution in [0.1, 0.15) is 31.2 Å². The van der Waals surface area contributed by atoms with Crippen LogP contribution < -0.4 is 4.90 Å². The third kappa shape index (κ3) is 5.38. The summed E-state index contributed by atoms with van der Waals surface area (Å²) in [6.07, 6.45) is 3.58. The lowest BCUT2D eigenvalue weighted by atomic mass is 10.2. The maximum Gasteiger partial charge on any atom is 0.228 e. The van der Waals surface area contributed by atoms with E-state index in [9.17, 15) is 4.79 Å². The highest BCUT2D eigenvalue weighted by molar-refractivity contribution is 7.99. The van der Waals surface area contributed by atoms with Gasteiger partial charge in [-0.2, -0.15) is 0 Å². The first-order valence-corrected chi connectivity index (χ1v) is 12.0. The molecular formula is C23H26N2O2S2. The van der Waals surface area contributed by atoms with Gasteiger partial charge < -0.3 is 4.74 Å². The van der Waals surface area contributed by atoms with Crippen molar-refractivity contribution in [3.05, 3.63) is 54.1 Å². The summed E-state index contributed by atoms with van der Waals surface area (Å²) >= 11 is 3.40. The highest BCUT2D eigenvalue weighted by Crippen LogP contribution is 2.31. The first kappa shape index (κ1) is 20.4. The Morgan fingerprint density at radius 2 is 2.14 bits per heavy atom. The van der Waals surface area contributed by atoms with Crippen LogP contribution in [-0.4, -0.2) is 35.9 Å². The van der Waals surface area contributed by atoms with Gasteiger partial charge in [-0.15, -0.1) is 11.8 Å². The average Bonchev–Trinajstić information content (AvgIpc) is 3.39. The number of anilines is 1. The summed E-state index contributed by atoms with van der Waals surface area (Å²) in [6, 6.07) is 16.6. The number of carbonyl (C=O) groups excluding carboxylic acids is 1. The van der Waals surface area contributed by atoms with Crippen LogP contribution in [0, 0.1) is 6.92 Å². The van der Waals surface area contributed by atoms with E-state index in [1.165, 1.54) is 10.5 Å². The first-order valence-electron chi connectivity index (χ1n) is 10.2. The van der Waals surface area contributed by atoms with Crippen molar-refractivity contribution in [1.82, 2.24) is 4.98 Å². The molecule has 0 aliphatic carbocycles. The maximum absolute atomic E-state index is 13.1. The molecule has 0 saturated carbocycles. The van der Waals surface area contributed by atoms with Crippen LogP contribution in [-0.2, 0) is 9.53 Å². The fraction of sp³-hybridized carbons (Fsp3) is 0.391. The number of thiazole rings is 1. The lowest BCUT2D eigenvalue weighted by Crippen LogP contribution is -2.37. The number of nitrogens with zero attached hydrogens (tertiary/aromatic N) is 2. The second-order valence-corrected chi connectivity index (χ2v) is 9.55. The minimum atomic E-state index is 0.117. The van der Waals surface area contributed by atoms with E-state index in [0.29, 0.717) is 13.0 Å². The molecule has 1 fully saturated rings. The molecule has 1 aliphatic heterocycles. The standard InChI is InChI=1S/C23H26N2O2S2/c1-17-11-12-20-21(15-17)29-23(24-20)25(16-18-7-5-13-27-18)22(26)10-6-14-28-19-8-3-2-4-9-19/h2-4,8-9,11-12,15,18H,5-7,10,13-14,16H2,1H3. The molecule has 1 saturated heterocycles. The monoisotopic (exact) mass is 426 g/mol. The lowest BCUT2D eigenvalue weighted by molar-refractivity contribution is -0.119. The molecule has 0 N–H and O–H groups in total. The molecule has 1 aromatic heterocycles. The van der Waals surface area contributed by atoms with Crippen molar-refractivity contribution in [3.8, 4) is 0 Å². The van der Waals surface area contributed by atoms with Crippen molar-refractivity contribution < 1.29 is 9.53 Å². The normalized spacial score (nSPS) is 16.4. The van der Waals surface area contributed by atoms with Crippen molar-refractivity contribution in [2.24, 2.45) is 0 Å². The van der Waals surface area contributed by atoms with Crippen molar-refractivity contribution in [2.45, 2.75) is 43.6 Å². The molecule has 0 radical (unpaired) electrons. The third-order valence-electron chi connectivity index (χ3n) is 5.02. The molecule has 6 heteroatoms. The molecule has 0 bridgehead atoms. The zero-order valence-electron chi connectivity index (χ0n) is 16.7. The highest BCUT2D eigenvalue weighted by Gasteiger charge is 2.25. The fourth-order valence-electron chi connectivity index (χ4n) is 3.48. The Labute approximate surface area is 180 Å². The second-order valence-electron chi connectivity index (χ2n) is 7.37. The molecule has 1 unspecified atom stereocenters. The number of hydrogen-bond donors (Lipinski definition) is 0. The second kappa shape index (κ2) is 9.74. The van der Waals surface area contributed by atoms with Gasteiger partial charge in [-0.05, 0) is 61.8 Å². The van der Waals surface area contributed by atoms with Gasteiger partial charge in [-0.3, -0.25) is 9.69 Å². The third-order valence-corrected chi connectivity index (χ3v) is 7.16. The average molecular weight is 427 g/mol. The lowest BCUT2D eigenvalue weighted by Gasteiger charge is -2.23. The molecule has 152 valence electrons. The molecule has 4 nitrogen and oxygen atoms in total. The van der Waals surface area contributed by atoms with Gasteiger partial charge in [0, 0.05) is 17.9 Å². The van der Waals surface area contributed by atoms with Gasteiger partial charge in [0.15, 0.2) is 5.13 Å². The summed E-state index contributed by atoms with van der Waals surface area (Å²) in [5, 5.41) is 0.793. The van der Waals surface area contributed by atoms with Gasteiger partial charge in [0.1, 0.15) is 0 Å². The zero-order chi connectivity index (χ0) is 20.1. The Bertz CT molecular complexity index is 952. The molecule has 1 amide bonds. The Hall–Kier alpha value is -1.89. The topological polar surface area (TPSA) is 42.4 Å². The van der Waals surface area contributed by atoms with Crippen LogP contribution in [0.25, 0.3) is 10.2 Å². The van der Waals surface area contributed by atoms with Crippen molar-refractivity contribution in [2.75, 3.05) is 23.8 Å². The van der Waals surface area contributed by atoms with E-state index < -0.39 is 0 Å². The summed E-state index contributed by atoms with van der Waals surface area (Å²) in [5.74, 6) is 1.08. The number of aryl methyl sites for hydroxylation is 1. The summed E-state index contributed by atoms with van der Waals surface area (Å²) in [4.78, 5) is 21.0. The number of carbonyl (C=O) groups is 1. The summed E-state index contributed by atoms with van der Waals surface area (Å²) < 4.78 is 6.94. The molecule has 4 rings (SSSR count). The SMILES string of the molecule is Cc1ccc2nc(N(CC3CCCO3)C(=O)CCCSc3ccccc3)sc2c1. The fourth-order valence-corrected chi connectivity index (χ4v) is 5.44. The molecule has 3 aromatic rings. The van der Waals surface area contributed by atoms with Crippen molar-refractivity contribution in [1.29, 1.82) is 0 Å². The quantitative estimate of drug-likeness (QED) is 0.343. The number of ether oxygens (including phenoxy) is 1. The van der Waals surface area contributed by atoms with Crippen LogP contribution in [0.2, 0.25) is 0 Å². The van der Waals surface area contributed by atoms with E-state index in [2.05, 4.69) is 31.2 Å². The Balaban J connectivity index is 1.43. The van der Waals surface area contributed by atoms with E-state index in [1.807, 2.05) is 29.2 Å². The van der Waals surface area contributed by atoms with E-state index in [0.717, 1.165) is 47.0 Å². The van der Waals surface area contributed by atoms with E-state index >= 15 is 0 Å². The number of thioether (sulfide) groups is 1. The largest absolute Gasteiger partial charge is 0.376 e. The van der Waals surface area contributed by atoms with E-state index in [-0.39, 0.29) is 12.0 Å². The minimum absolute atomic E-state index is 0.117. The zero-order valence-corrected chi connectivity index (χ0v) is 18.3. The van der Waals surface area contributed by atoms with Gasteiger partial charge in [-0.25, -0.2) is 4.98 Å². The Morgan fingerprint density at radius 1 is 1.28 bits per heavy atom. The maximum atomic E-state index is 13.1. The summed E-state index contributed by atoms with van der Waals surface area (Å²) in [6.45, 7) is 3.47. The van der Waals surface area contributed by atoms with Gasteiger partial charge in [0.25, 0.3) is 0 Å². The predicted octanol–water partition coefficient (Wildman–Crippen LogP) is 5.69. The van der Waals surface area contributed by atoms with Gasteiger partial charge >= 0.3 is 0 Å². The molecule has 0 spiro atoms. The molecule has 1 aliphatic rings. The molecule has 2 aromatic carbocycles. The van der Waals surface area contributed by atoms with Gasteiger partial charge in [0.2, 0.25) is 5.91 Å². The smallest absolute Gasteiger partial charge is 0.228 e. The van der Waals surface area contributed by atoms with E-state index in [1.54, 1.807) is 23.1 Å². The Morgan fingerprint density at radius 3 is 2.93 bits per heavy atom. The Kier molecular flexibility index (Phi) is 6.85. The molecular weight excluding hydrogens is 400 g/mol. The number of benzene rings is 2. The van der Waals surface area contributed by atoms with Crippen LogP contribution in [0.3, 0.4) is 0 Å². The summed E-state index contributed by atoms with van der Waals surface area (Å²) in [5.41, 5.74) is 2.17. The number of fused-ring (bicyclic) bond motifs is 1. The van der Waals surface area contributed by atoms with Crippen LogP contribution in [0.15, 0.2) is 53.4 Å². The van der Waals surface area contributed by atoms with Crippen LogP contribution in [0.5, 0.6) is 0 Å². The number of hydrogen-bond acceptors (Lipinski definition) is 5. The summed E-state index contributed by atoms with van der Waals surface area (Å²) in [7, 11) is 0. The van der Waals surface area contributed by atoms with Gasteiger partial charge in [-0.1, -0.05) is 35.6 Å². The van der Waals surface area contributed by atoms with Crippen molar-refractivity contribution >= 4 is 44.4 Å². The van der Waals surface area contributed by atoms with Crippen LogP contribution in [0.4, 0.5) is 5.13 Å².